The lowest BCUT2D eigenvalue weighted by molar-refractivity contribution is -0.106. The standard InChI is InChI=1S/C13H28O9/c1-19-4-12(18)6-21-9-13(22-7-11(17)3-15)8-20-5-10(16)2-14/h10-18H,2-9H2,1H3. The van der Waals surface area contributed by atoms with Crippen LogP contribution in [0.4, 0.5) is 0 Å². The highest BCUT2D eigenvalue weighted by atomic mass is 16.6. The molecule has 0 heterocycles. The van der Waals surface area contributed by atoms with E-state index in [0.29, 0.717) is 0 Å². The molecule has 0 aliphatic rings. The maximum absolute atomic E-state index is 9.44. The molecular formula is C13H28O9. The first kappa shape index (κ1) is 21.6. The van der Waals surface area contributed by atoms with Crippen LogP contribution in [-0.2, 0) is 18.9 Å². The van der Waals surface area contributed by atoms with E-state index < -0.39 is 37.6 Å². The summed E-state index contributed by atoms with van der Waals surface area (Å²) in [7, 11) is 1.46. The van der Waals surface area contributed by atoms with E-state index in [2.05, 4.69) is 0 Å². The van der Waals surface area contributed by atoms with Crippen LogP contribution >= 0.6 is 0 Å². The maximum Gasteiger partial charge on any atom is 0.104 e. The van der Waals surface area contributed by atoms with Crippen LogP contribution in [0.1, 0.15) is 0 Å². The highest BCUT2D eigenvalue weighted by Crippen LogP contribution is 2.00. The van der Waals surface area contributed by atoms with Crippen LogP contribution in [0.2, 0.25) is 0 Å². The molecule has 0 aliphatic heterocycles. The summed E-state index contributed by atoms with van der Waals surface area (Å²) in [6.45, 7) is -0.645. The largest absolute Gasteiger partial charge is 0.394 e. The number of methoxy groups -OCH3 is 1. The Labute approximate surface area is 130 Å². The molecule has 0 aromatic heterocycles. The van der Waals surface area contributed by atoms with Crippen LogP contribution in [0.25, 0.3) is 0 Å². The lowest BCUT2D eigenvalue weighted by Gasteiger charge is -2.21. The average Bonchev–Trinajstić information content (AvgIpc) is 2.51. The molecule has 0 aromatic carbocycles. The fourth-order valence-electron chi connectivity index (χ4n) is 1.41. The van der Waals surface area contributed by atoms with Crippen molar-refractivity contribution < 1.29 is 44.5 Å². The van der Waals surface area contributed by atoms with Crippen LogP contribution in [0.5, 0.6) is 0 Å². The Morgan fingerprint density at radius 2 is 1.18 bits per heavy atom. The fourth-order valence-corrected chi connectivity index (χ4v) is 1.41. The summed E-state index contributed by atoms with van der Waals surface area (Å²) in [6.07, 6.45) is -3.30. The van der Waals surface area contributed by atoms with Crippen LogP contribution in [0, 0.1) is 0 Å². The van der Waals surface area contributed by atoms with E-state index in [1.165, 1.54) is 7.11 Å². The van der Waals surface area contributed by atoms with E-state index in [-0.39, 0.29) is 39.6 Å². The minimum Gasteiger partial charge on any atom is -0.394 e. The summed E-state index contributed by atoms with van der Waals surface area (Å²) < 4.78 is 20.5. The molecule has 0 fully saturated rings. The molecule has 9 nitrogen and oxygen atoms in total. The van der Waals surface area contributed by atoms with Gasteiger partial charge in [0, 0.05) is 7.11 Å². The number of ether oxygens (including phenoxy) is 4. The molecule has 0 rings (SSSR count). The van der Waals surface area contributed by atoms with E-state index in [1.807, 2.05) is 0 Å². The number of hydrogen-bond donors (Lipinski definition) is 5. The SMILES string of the molecule is COCC(O)COCC(COCC(O)CO)OCC(O)CO. The first-order valence-corrected chi connectivity index (χ1v) is 7.05. The van der Waals surface area contributed by atoms with Crippen molar-refractivity contribution >= 4 is 0 Å². The van der Waals surface area contributed by atoms with Crippen molar-refractivity contribution in [3.8, 4) is 0 Å². The lowest BCUT2D eigenvalue weighted by Crippen LogP contribution is -2.33. The van der Waals surface area contributed by atoms with Crippen LogP contribution in [0.15, 0.2) is 0 Å². The van der Waals surface area contributed by atoms with Crippen molar-refractivity contribution in [2.75, 3.05) is 60.0 Å². The van der Waals surface area contributed by atoms with Crippen LogP contribution < -0.4 is 0 Å². The molecule has 0 aliphatic carbocycles. The predicted molar refractivity (Wildman–Crippen MR) is 75.4 cm³/mol. The molecule has 4 unspecified atom stereocenters. The van der Waals surface area contributed by atoms with Gasteiger partial charge in [0.25, 0.3) is 0 Å². The molecule has 0 aromatic rings. The highest BCUT2D eigenvalue weighted by molar-refractivity contribution is 4.61. The Morgan fingerprint density at radius 1 is 0.682 bits per heavy atom. The zero-order valence-corrected chi connectivity index (χ0v) is 12.8. The van der Waals surface area contributed by atoms with Crippen molar-refractivity contribution in [3.63, 3.8) is 0 Å². The second-order valence-corrected chi connectivity index (χ2v) is 4.81. The molecular weight excluding hydrogens is 300 g/mol. The Kier molecular flexibility index (Phi) is 14.0. The summed E-state index contributed by atoms with van der Waals surface area (Å²) in [4.78, 5) is 0. The first-order chi connectivity index (χ1) is 10.5. The molecule has 0 saturated carbocycles. The minimum absolute atomic E-state index is 0.0511. The number of aliphatic hydroxyl groups excluding tert-OH is 5. The average molecular weight is 328 g/mol. The van der Waals surface area contributed by atoms with Crippen molar-refractivity contribution in [3.05, 3.63) is 0 Å². The van der Waals surface area contributed by atoms with Gasteiger partial charge in [0.05, 0.1) is 52.9 Å². The molecule has 0 saturated heterocycles. The predicted octanol–water partition coefficient (Wildman–Crippen LogP) is -2.88. The summed E-state index contributed by atoms with van der Waals surface area (Å²) in [5, 5.41) is 45.3. The topological polar surface area (TPSA) is 138 Å². The van der Waals surface area contributed by atoms with Gasteiger partial charge in [-0.1, -0.05) is 0 Å². The lowest BCUT2D eigenvalue weighted by atomic mass is 10.3. The minimum atomic E-state index is -1.01. The second kappa shape index (κ2) is 14.2. The van der Waals surface area contributed by atoms with Gasteiger partial charge in [-0.15, -0.1) is 0 Å². The van der Waals surface area contributed by atoms with Gasteiger partial charge < -0.3 is 44.5 Å². The summed E-state index contributed by atoms with van der Waals surface area (Å²) in [6, 6.07) is 0. The van der Waals surface area contributed by atoms with Gasteiger partial charge in [-0.05, 0) is 0 Å². The van der Waals surface area contributed by atoms with Gasteiger partial charge in [-0.25, -0.2) is 0 Å². The van der Waals surface area contributed by atoms with Crippen molar-refractivity contribution in [1.82, 2.24) is 0 Å². The van der Waals surface area contributed by atoms with E-state index in [9.17, 15) is 10.2 Å². The summed E-state index contributed by atoms with van der Waals surface area (Å²) in [5.41, 5.74) is 0. The van der Waals surface area contributed by atoms with E-state index >= 15 is 0 Å². The third-order valence-corrected chi connectivity index (χ3v) is 2.53. The Hall–Kier alpha value is -0.360. The van der Waals surface area contributed by atoms with E-state index in [4.69, 9.17) is 34.3 Å². The fraction of sp³-hybridized carbons (Fsp3) is 1.00. The molecule has 134 valence electrons. The van der Waals surface area contributed by atoms with Gasteiger partial charge in [0.1, 0.15) is 24.4 Å². The number of rotatable bonds is 15. The monoisotopic (exact) mass is 328 g/mol. The summed E-state index contributed by atoms with van der Waals surface area (Å²) >= 11 is 0. The molecule has 4 atom stereocenters. The van der Waals surface area contributed by atoms with Gasteiger partial charge >= 0.3 is 0 Å². The molecule has 9 heteroatoms. The van der Waals surface area contributed by atoms with Crippen molar-refractivity contribution in [1.29, 1.82) is 0 Å². The Morgan fingerprint density at radius 3 is 1.68 bits per heavy atom. The van der Waals surface area contributed by atoms with Crippen LogP contribution in [0.3, 0.4) is 0 Å². The normalized spacial score (nSPS) is 17.2. The van der Waals surface area contributed by atoms with Gasteiger partial charge in [-0.3, -0.25) is 0 Å². The van der Waals surface area contributed by atoms with Gasteiger partial charge in [0.2, 0.25) is 0 Å². The number of aliphatic hydroxyl groups is 5. The second-order valence-electron chi connectivity index (χ2n) is 4.81. The first-order valence-electron chi connectivity index (χ1n) is 7.05. The van der Waals surface area contributed by atoms with Crippen LogP contribution in [-0.4, -0.2) is 110 Å². The van der Waals surface area contributed by atoms with E-state index in [0.717, 1.165) is 0 Å². The third-order valence-electron chi connectivity index (χ3n) is 2.53. The van der Waals surface area contributed by atoms with Gasteiger partial charge in [0.15, 0.2) is 0 Å². The van der Waals surface area contributed by atoms with Crippen molar-refractivity contribution in [2.45, 2.75) is 24.4 Å². The zero-order valence-electron chi connectivity index (χ0n) is 12.8. The maximum atomic E-state index is 9.44. The quantitative estimate of drug-likeness (QED) is 0.214. The Bertz CT molecular complexity index is 242. The third kappa shape index (κ3) is 12.2. The number of hydrogen-bond acceptors (Lipinski definition) is 9. The molecule has 0 spiro atoms. The van der Waals surface area contributed by atoms with Crippen molar-refractivity contribution in [2.24, 2.45) is 0 Å². The molecule has 0 radical (unpaired) electrons. The smallest absolute Gasteiger partial charge is 0.104 e. The summed E-state index contributed by atoms with van der Waals surface area (Å²) in [5.74, 6) is 0. The highest BCUT2D eigenvalue weighted by Gasteiger charge is 2.15. The molecule has 0 bridgehead atoms. The Balaban J connectivity index is 4.04. The molecule has 22 heavy (non-hydrogen) atoms. The van der Waals surface area contributed by atoms with E-state index in [1.54, 1.807) is 0 Å². The molecule has 5 N–H and O–H groups in total. The molecule has 0 amide bonds. The zero-order chi connectivity index (χ0) is 16.8. The van der Waals surface area contributed by atoms with Gasteiger partial charge in [-0.2, -0.15) is 0 Å².